The zero-order chi connectivity index (χ0) is 39.2. The molecule has 7 aromatic rings. The summed E-state index contributed by atoms with van der Waals surface area (Å²) in [4.78, 5) is 32.9. The fourth-order valence-electron chi connectivity index (χ4n) is 4.59. The lowest BCUT2D eigenvalue weighted by atomic mass is 10.0. The van der Waals surface area contributed by atoms with Crippen LogP contribution in [0.5, 0.6) is 0 Å². The Morgan fingerprint density at radius 1 is 0.444 bits per heavy atom. The number of hydrogen-bond donors (Lipinski definition) is 2. The second-order valence-electron chi connectivity index (χ2n) is 11.0. The first kappa shape index (κ1) is 41.0. The summed E-state index contributed by atoms with van der Waals surface area (Å²) in [5, 5.41) is 0. The topological polar surface area (TPSA) is 112 Å². The molecule has 0 atom stereocenters. The van der Waals surface area contributed by atoms with Crippen LogP contribution in [0.1, 0.15) is 20.7 Å². The number of nitrogens with zero attached hydrogens (tertiary/aromatic N) is 2. The van der Waals surface area contributed by atoms with E-state index in [2.05, 4.69) is 0 Å². The molecule has 0 bridgehead atoms. The van der Waals surface area contributed by atoms with Gasteiger partial charge in [0.25, 0.3) is 0 Å². The number of hydrogen-bond acceptors (Lipinski definition) is 6. The van der Waals surface area contributed by atoms with Crippen LogP contribution >= 0.6 is 34.8 Å². The van der Waals surface area contributed by atoms with Crippen molar-refractivity contribution in [2.75, 3.05) is 11.5 Å². The van der Waals surface area contributed by atoms with E-state index in [1.807, 2.05) is 36.4 Å². The predicted octanol–water partition coefficient (Wildman–Crippen LogP) is 11.1. The fraction of sp³-hybridized carbons (Fsp3) is 0.0244. The zero-order valence-electron chi connectivity index (χ0n) is 27.9. The molecule has 6 nitrogen and oxygen atoms in total. The highest BCUT2D eigenvalue weighted by Crippen LogP contribution is 2.31. The second-order valence-corrected chi connectivity index (χ2v) is 13.0. The molecule has 0 aliphatic rings. The Bertz CT molecular complexity index is 2150. The lowest BCUT2D eigenvalue weighted by Gasteiger charge is -2.10. The van der Waals surface area contributed by atoms with Gasteiger partial charge in [-0.3, -0.25) is 9.59 Å². The Kier molecular flexibility index (Phi) is 15.1. The number of anilines is 2. The Hall–Kier alpha value is -5.81. The average molecular weight is 792 g/mol. The first-order chi connectivity index (χ1) is 25.8. The maximum atomic E-state index is 13.2. The molecule has 0 aliphatic carbocycles. The molecule has 6 aromatic carbocycles. The maximum Gasteiger partial charge on any atom is 0.233 e. The number of ketones is 2. The number of nitrogens with two attached hydrogens (primary N) is 2. The minimum atomic E-state index is -0.750. The van der Waals surface area contributed by atoms with Crippen LogP contribution in [-0.2, 0) is 0 Å². The fourth-order valence-corrected chi connectivity index (χ4v) is 4.59. The van der Waals surface area contributed by atoms with Crippen LogP contribution in [0.3, 0.4) is 0 Å². The van der Waals surface area contributed by atoms with Crippen molar-refractivity contribution in [3.05, 3.63) is 180 Å². The highest BCUT2D eigenvalue weighted by molar-refractivity contribution is 6.63. The number of benzene rings is 6. The molecule has 7 rings (SSSR count). The number of halogens is 7. The molecule has 0 radical (unpaired) electrons. The van der Waals surface area contributed by atoms with Crippen molar-refractivity contribution >= 4 is 68.8 Å². The minimum Gasteiger partial charge on any atom is -0.397 e. The number of alkyl halides is 3. The first-order valence-corrected chi connectivity index (χ1v) is 17.0. The highest BCUT2D eigenvalue weighted by Gasteiger charge is 2.18. The van der Waals surface area contributed by atoms with Gasteiger partial charge in [0, 0.05) is 22.3 Å². The monoisotopic (exact) mass is 790 g/mol. The number of carbonyl (C=O) groups excluding carboxylic acids is 2. The molecule has 1 aromatic heterocycles. The van der Waals surface area contributed by atoms with E-state index in [-0.39, 0.29) is 22.8 Å². The number of rotatable bonds is 5. The van der Waals surface area contributed by atoms with Crippen LogP contribution in [0.15, 0.2) is 146 Å². The number of para-hydroxylation sites is 4. The lowest BCUT2D eigenvalue weighted by Crippen LogP contribution is -2.14. The molecular formula is C41H29Cl3F4N4O2. The predicted molar refractivity (Wildman–Crippen MR) is 208 cm³/mol. The van der Waals surface area contributed by atoms with E-state index in [0.717, 1.165) is 46.4 Å². The normalized spacial score (nSPS) is 10.2. The van der Waals surface area contributed by atoms with Gasteiger partial charge in [-0.25, -0.2) is 27.5 Å². The standard InChI is InChI=1S/C20H12F2N2.C14H8F2O2.C6H8N2.CHCl3/c21-15-9-5-13(6-10-15)19-20(14-7-11-16(22)12-8-14)24-18-4-2-1-3-17(18)23-19;15-11-5-1-9(2-6-11)13(17)14(18)10-3-7-12(16)8-4-10;7-5-3-1-2-4-6(5)8;2-1(3)4/h1-12H;1-8H;1-4H,7-8H2;1H. The van der Waals surface area contributed by atoms with E-state index in [1.165, 1.54) is 48.5 Å². The van der Waals surface area contributed by atoms with Gasteiger partial charge in [0.1, 0.15) is 23.3 Å². The smallest absolute Gasteiger partial charge is 0.233 e. The number of Topliss-reactive ketones (excluding diaryl/α,β-unsaturated/α-hetero) is 2. The van der Waals surface area contributed by atoms with Gasteiger partial charge in [-0.15, -0.1) is 0 Å². The van der Waals surface area contributed by atoms with Gasteiger partial charge in [-0.2, -0.15) is 0 Å². The number of aromatic nitrogens is 2. The Labute approximate surface area is 323 Å². The molecule has 0 saturated heterocycles. The summed E-state index contributed by atoms with van der Waals surface area (Å²) >= 11 is 14.4. The van der Waals surface area contributed by atoms with Gasteiger partial charge >= 0.3 is 0 Å². The summed E-state index contributed by atoms with van der Waals surface area (Å²) in [6.45, 7) is 0. The molecular weight excluding hydrogens is 763 g/mol. The van der Waals surface area contributed by atoms with Gasteiger partial charge in [0.15, 0.2) is 4.30 Å². The van der Waals surface area contributed by atoms with E-state index in [0.29, 0.717) is 22.8 Å². The Morgan fingerprint density at radius 3 is 0.981 bits per heavy atom. The summed E-state index contributed by atoms with van der Waals surface area (Å²) in [5.74, 6) is -3.09. The number of nitrogen functional groups attached to an aromatic ring is 2. The van der Waals surface area contributed by atoms with Crippen LogP contribution in [0.2, 0.25) is 0 Å². The zero-order valence-corrected chi connectivity index (χ0v) is 30.2. The summed E-state index contributed by atoms with van der Waals surface area (Å²) in [6.07, 6.45) is 0. The van der Waals surface area contributed by atoms with Crippen LogP contribution < -0.4 is 11.5 Å². The molecule has 0 saturated carbocycles. The third kappa shape index (κ3) is 12.1. The molecule has 274 valence electrons. The molecule has 1 heterocycles. The average Bonchev–Trinajstić information content (AvgIpc) is 3.16. The summed E-state index contributed by atoms with van der Waals surface area (Å²) in [5.41, 5.74) is 16.6. The lowest BCUT2D eigenvalue weighted by molar-refractivity contribution is 0.0817. The van der Waals surface area contributed by atoms with Crippen LogP contribution in [-0.4, -0.2) is 25.8 Å². The quantitative estimate of drug-likeness (QED) is 0.0590. The number of carbonyl (C=O) groups is 2. The van der Waals surface area contributed by atoms with Crippen LogP contribution in [0.25, 0.3) is 33.5 Å². The second kappa shape index (κ2) is 19.9. The van der Waals surface area contributed by atoms with Crippen molar-refractivity contribution in [1.29, 1.82) is 0 Å². The van der Waals surface area contributed by atoms with Crippen molar-refractivity contribution in [3.8, 4) is 22.5 Å². The third-order valence-corrected chi connectivity index (χ3v) is 7.22. The van der Waals surface area contributed by atoms with E-state index in [1.54, 1.807) is 36.4 Å². The van der Waals surface area contributed by atoms with E-state index < -0.39 is 27.5 Å². The maximum absolute atomic E-state index is 13.2. The summed E-state index contributed by atoms with van der Waals surface area (Å²) in [6, 6.07) is 36.4. The Balaban J connectivity index is 0.000000189. The van der Waals surface area contributed by atoms with E-state index >= 15 is 0 Å². The molecule has 0 aliphatic heterocycles. The SMILES string of the molecule is ClC(Cl)Cl.Fc1ccc(-c2nc3ccccc3nc2-c2ccc(F)cc2)cc1.Nc1ccccc1N.O=C(C(=O)c1ccc(F)cc1)c1ccc(F)cc1. The minimum absolute atomic E-state index is 0.103. The Morgan fingerprint density at radius 2 is 0.704 bits per heavy atom. The molecule has 13 heteroatoms. The van der Waals surface area contributed by atoms with Crippen molar-refractivity contribution in [1.82, 2.24) is 9.97 Å². The van der Waals surface area contributed by atoms with Crippen molar-refractivity contribution in [2.24, 2.45) is 0 Å². The largest absolute Gasteiger partial charge is 0.397 e. The van der Waals surface area contributed by atoms with Crippen LogP contribution in [0.4, 0.5) is 28.9 Å². The van der Waals surface area contributed by atoms with E-state index in [4.69, 9.17) is 56.2 Å². The highest BCUT2D eigenvalue weighted by atomic mass is 35.6. The first-order valence-electron chi connectivity index (χ1n) is 15.7. The third-order valence-electron chi connectivity index (χ3n) is 7.22. The molecule has 0 unspecified atom stereocenters. The van der Waals surface area contributed by atoms with Crippen molar-refractivity contribution in [2.45, 2.75) is 4.30 Å². The molecule has 0 spiro atoms. The van der Waals surface area contributed by atoms with Gasteiger partial charge in [0.2, 0.25) is 11.6 Å². The molecule has 0 amide bonds. The summed E-state index contributed by atoms with van der Waals surface area (Å²) in [7, 11) is 0. The molecule has 0 fully saturated rings. The van der Waals surface area contributed by atoms with Crippen molar-refractivity contribution < 1.29 is 27.2 Å². The number of fused-ring (bicyclic) bond motifs is 1. The van der Waals surface area contributed by atoms with E-state index in [9.17, 15) is 27.2 Å². The van der Waals surface area contributed by atoms with Gasteiger partial charge in [-0.05, 0) is 121 Å². The van der Waals surface area contributed by atoms with Gasteiger partial charge in [-0.1, -0.05) is 59.1 Å². The molecule has 4 N–H and O–H groups in total. The summed E-state index contributed by atoms with van der Waals surface area (Å²) < 4.78 is 51.1. The molecule has 54 heavy (non-hydrogen) atoms. The van der Waals surface area contributed by atoms with Crippen molar-refractivity contribution in [3.63, 3.8) is 0 Å². The van der Waals surface area contributed by atoms with Gasteiger partial charge < -0.3 is 11.5 Å². The van der Waals surface area contributed by atoms with Crippen LogP contribution in [0, 0.1) is 23.3 Å². The van der Waals surface area contributed by atoms with Gasteiger partial charge in [0.05, 0.1) is 33.8 Å².